The number of halogens is 1. The molecule has 1 fully saturated rings. The van der Waals surface area contributed by atoms with E-state index in [1.54, 1.807) is 58.3 Å². The van der Waals surface area contributed by atoms with E-state index in [2.05, 4.69) is 10.3 Å². The van der Waals surface area contributed by atoms with Gasteiger partial charge in [0.2, 0.25) is 0 Å². The number of nitrogens with zero attached hydrogens (tertiary/aromatic N) is 3. The van der Waals surface area contributed by atoms with Gasteiger partial charge < -0.3 is 10.2 Å². The molecule has 146 valence electrons. The third-order valence-corrected chi connectivity index (χ3v) is 4.70. The van der Waals surface area contributed by atoms with Crippen LogP contribution in [0.2, 0.25) is 0 Å². The van der Waals surface area contributed by atoms with E-state index in [1.165, 1.54) is 18.3 Å². The first-order valence-corrected chi connectivity index (χ1v) is 9.23. The van der Waals surface area contributed by atoms with E-state index in [9.17, 15) is 14.0 Å². The monoisotopic (exact) mass is 390 g/mol. The molecule has 0 bridgehead atoms. The van der Waals surface area contributed by atoms with Crippen LogP contribution in [0.1, 0.15) is 15.9 Å². The van der Waals surface area contributed by atoms with E-state index in [1.807, 2.05) is 6.07 Å². The fourth-order valence-corrected chi connectivity index (χ4v) is 3.16. The molecule has 29 heavy (non-hydrogen) atoms. The van der Waals surface area contributed by atoms with Crippen LogP contribution < -0.4 is 10.2 Å². The molecule has 0 aliphatic carbocycles. The van der Waals surface area contributed by atoms with Crippen molar-refractivity contribution in [2.75, 3.05) is 23.3 Å². The Morgan fingerprint density at radius 1 is 1.00 bits per heavy atom. The number of hydrogen-bond donors (Lipinski definition) is 1. The second kappa shape index (κ2) is 8.10. The zero-order valence-corrected chi connectivity index (χ0v) is 15.6. The molecule has 1 N–H and O–H groups in total. The first kappa shape index (κ1) is 18.6. The highest BCUT2D eigenvalue weighted by Crippen LogP contribution is 2.21. The molecule has 0 unspecified atom stereocenters. The summed E-state index contributed by atoms with van der Waals surface area (Å²) in [6.07, 6.45) is 1.53. The minimum Gasteiger partial charge on any atom is -0.321 e. The van der Waals surface area contributed by atoms with Gasteiger partial charge >= 0.3 is 6.03 Å². The molecule has 3 amide bonds. The van der Waals surface area contributed by atoms with Crippen molar-refractivity contribution in [1.82, 2.24) is 9.88 Å². The van der Waals surface area contributed by atoms with Crippen LogP contribution in [-0.4, -0.2) is 34.9 Å². The molecule has 4 rings (SSSR count). The Morgan fingerprint density at radius 3 is 2.45 bits per heavy atom. The van der Waals surface area contributed by atoms with E-state index in [0.717, 1.165) is 5.56 Å². The lowest BCUT2D eigenvalue weighted by Gasteiger charge is -2.18. The van der Waals surface area contributed by atoms with Crippen LogP contribution in [0.3, 0.4) is 0 Å². The molecule has 6 nitrogen and oxygen atoms in total. The zero-order chi connectivity index (χ0) is 20.2. The molecular weight excluding hydrogens is 371 g/mol. The molecule has 1 aromatic heterocycles. The predicted molar refractivity (Wildman–Crippen MR) is 108 cm³/mol. The standard InChI is InChI=1S/C22H19FN4O2/c23-18-8-6-16(7-9-18)15-26-12-13-27(22(26)29)20-11-10-19(14-24-20)25-21(28)17-4-2-1-3-5-17/h1-11,14H,12-13,15H2,(H,25,28). The summed E-state index contributed by atoms with van der Waals surface area (Å²) in [5.41, 5.74) is 1.98. The minimum atomic E-state index is -0.299. The number of anilines is 2. The van der Waals surface area contributed by atoms with Crippen LogP contribution in [-0.2, 0) is 6.54 Å². The molecule has 1 aliphatic rings. The molecule has 2 heterocycles. The molecule has 0 saturated carbocycles. The van der Waals surface area contributed by atoms with Gasteiger partial charge in [0.1, 0.15) is 11.6 Å². The Labute approximate surface area is 167 Å². The van der Waals surface area contributed by atoms with E-state index < -0.39 is 0 Å². The largest absolute Gasteiger partial charge is 0.326 e. The van der Waals surface area contributed by atoms with Gasteiger partial charge in [-0.3, -0.25) is 9.69 Å². The van der Waals surface area contributed by atoms with Crippen molar-refractivity contribution < 1.29 is 14.0 Å². The number of aromatic nitrogens is 1. The van der Waals surface area contributed by atoms with Gasteiger partial charge in [0, 0.05) is 25.2 Å². The van der Waals surface area contributed by atoms with Gasteiger partial charge in [-0.1, -0.05) is 30.3 Å². The van der Waals surface area contributed by atoms with Crippen LogP contribution in [0.5, 0.6) is 0 Å². The summed E-state index contributed by atoms with van der Waals surface area (Å²) in [4.78, 5) is 32.5. The van der Waals surface area contributed by atoms with E-state index >= 15 is 0 Å². The number of nitrogens with one attached hydrogen (secondary N) is 1. The van der Waals surface area contributed by atoms with E-state index in [4.69, 9.17) is 0 Å². The van der Waals surface area contributed by atoms with Crippen LogP contribution in [0.4, 0.5) is 20.7 Å². The fourth-order valence-electron chi connectivity index (χ4n) is 3.16. The maximum Gasteiger partial charge on any atom is 0.326 e. The van der Waals surface area contributed by atoms with Crippen LogP contribution in [0.25, 0.3) is 0 Å². The van der Waals surface area contributed by atoms with Crippen molar-refractivity contribution in [3.05, 3.63) is 89.9 Å². The topological polar surface area (TPSA) is 65.5 Å². The molecule has 7 heteroatoms. The van der Waals surface area contributed by atoms with Gasteiger partial charge in [0.05, 0.1) is 11.9 Å². The Bertz CT molecular complexity index is 1010. The number of pyridine rings is 1. The lowest BCUT2D eigenvalue weighted by Crippen LogP contribution is -2.31. The average molecular weight is 390 g/mol. The van der Waals surface area contributed by atoms with E-state index in [-0.39, 0.29) is 17.8 Å². The van der Waals surface area contributed by atoms with Crippen molar-refractivity contribution in [3.8, 4) is 0 Å². The molecule has 3 aromatic rings. The second-order valence-electron chi connectivity index (χ2n) is 6.71. The molecular formula is C22H19FN4O2. The summed E-state index contributed by atoms with van der Waals surface area (Å²) >= 11 is 0. The molecule has 1 saturated heterocycles. The lowest BCUT2D eigenvalue weighted by molar-refractivity contribution is 0.102. The molecule has 0 radical (unpaired) electrons. The maximum atomic E-state index is 13.0. The lowest BCUT2D eigenvalue weighted by atomic mass is 10.2. The Hall–Kier alpha value is -3.74. The van der Waals surface area contributed by atoms with Crippen molar-refractivity contribution in [2.24, 2.45) is 0 Å². The number of urea groups is 1. The van der Waals surface area contributed by atoms with E-state index in [0.29, 0.717) is 36.7 Å². The van der Waals surface area contributed by atoms with Crippen molar-refractivity contribution in [3.63, 3.8) is 0 Å². The Morgan fingerprint density at radius 2 is 1.76 bits per heavy atom. The van der Waals surface area contributed by atoms with Gasteiger partial charge in [-0.2, -0.15) is 0 Å². The third kappa shape index (κ3) is 4.24. The highest BCUT2D eigenvalue weighted by atomic mass is 19.1. The minimum absolute atomic E-state index is 0.150. The van der Waals surface area contributed by atoms with Gasteiger partial charge in [0.25, 0.3) is 5.91 Å². The smallest absolute Gasteiger partial charge is 0.321 e. The number of carbonyl (C=O) groups is 2. The summed E-state index contributed by atoms with van der Waals surface area (Å²) in [6, 6.07) is 18.3. The van der Waals surface area contributed by atoms with Crippen LogP contribution in [0.15, 0.2) is 72.9 Å². The van der Waals surface area contributed by atoms with Crippen LogP contribution in [0, 0.1) is 5.82 Å². The van der Waals surface area contributed by atoms with Crippen molar-refractivity contribution >= 4 is 23.4 Å². The number of carbonyl (C=O) groups excluding carboxylic acids is 2. The first-order valence-electron chi connectivity index (χ1n) is 9.23. The summed E-state index contributed by atoms with van der Waals surface area (Å²) in [7, 11) is 0. The van der Waals surface area contributed by atoms with Crippen molar-refractivity contribution in [2.45, 2.75) is 6.54 Å². The molecule has 0 atom stereocenters. The van der Waals surface area contributed by atoms with Crippen LogP contribution >= 0.6 is 0 Å². The summed E-state index contributed by atoms with van der Waals surface area (Å²) in [5, 5.41) is 2.79. The summed E-state index contributed by atoms with van der Waals surface area (Å²) in [5.74, 6) is 0.00367. The quantitative estimate of drug-likeness (QED) is 0.718. The summed E-state index contributed by atoms with van der Waals surface area (Å²) in [6.45, 7) is 1.49. The van der Waals surface area contributed by atoms with Crippen molar-refractivity contribution in [1.29, 1.82) is 0 Å². The van der Waals surface area contributed by atoms with Gasteiger partial charge in [-0.15, -0.1) is 0 Å². The first-order chi connectivity index (χ1) is 14.1. The second-order valence-corrected chi connectivity index (χ2v) is 6.71. The third-order valence-electron chi connectivity index (χ3n) is 4.70. The van der Waals surface area contributed by atoms with Gasteiger partial charge in [-0.05, 0) is 42.0 Å². The maximum absolute atomic E-state index is 13.0. The molecule has 1 aliphatic heterocycles. The number of rotatable bonds is 5. The Kier molecular flexibility index (Phi) is 5.20. The summed E-state index contributed by atoms with van der Waals surface area (Å²) < 4.78 is 13.0. The molecule has 2 aromatic carbocycles. The highest BCUT2D eigenvalue weighted by molar-refractivity contribution is 6.04. The predicted octanol–water partition coefficient (Wildman–Crippen LogP) is 3.92. The number of hydrogen-bond acceptors (Lipinski definition) is 3. The van der Waals surface area contributed by atoms with Gasteiger partial charge in [-0.25, -0.2) is 14.2 Å². The molecule has 0 spiro atoms. The Balaban J connectivity index is 1.39. The number of amides is 3. The van der Waals surface area contributed by atoms with Gasteiger partial charge in [0.15, 0.2) is 0 Å². The zero-order valence-electron chi connectivity index (χ0n) is 15.6. The average Bonchev–Trinajstić information content (AvgIpc) is 3.11. The number of benzene rings is 2. The highest BCUT2D eigenvalue weighted by Gasteiger charge is 2.30. The SMILES string of the molecule is O=C(Nc1ccc(N2CCN(Cc3ccc(F)cc3)C2=O)nc1)c1ccccc1. The normalized spacial score (nSPS) is 13.6. The fraction of sp³-hybridized carbons (Fsp3) is 0.136.